The number of nitrogens with one attached hydrogen (secondary N) is 1. The van der Waals surface area contributed by atoms with Gasteiger partial charge in [0.1, 0.15) is 5.69 Å². The zero-order valence-electron chi connectivity index (χ0n) is 11.1. The molecule has 21 heavy (non-hydrogen) atoms. The Balaban J connectivity index is 1.70. The van der Waals surface area contributed by atoms with Crippen LogP contribution in [0.5, 0.6) is 0 Å². The van der Waals surface area contributed by atoms with Crippen LogP contribution in [-0.2, 0) is 6.18 Å². The van der Waals surface area contributed by atoms with Crippen LogP contribution in [0.15, 0.2) is 24.8 Å². The van der Waals surface area contributed by atoms with Crippen molar-refractivity contribution in [1.82, 2.24) is 19.9 Å². The number of nitrogens with zero attached hydrogens (tertiary/aromatic N) is 4. The summed E-state index contributed by atoms with van der Waals surface area (Å²) in [7, 11) is 0. The maximum absolute atomic E-state index is 12.7. The highest BCUT2D eigenvalue weighted by Crippen LogP contribution is 2.30. The second kappa shape index (κ2) is 5.34. The van der Waals surface area contributed by atoms with Crippen molar-refractivity contribution in [3.63, 3.8) is 0 Å². The van der Waals surface area contributed by atoms with Gasteiger partial charge in [-0.1, -0.05) is 0 Å². The molecule has 0 aromatic carbocycles. The fourth-order valence-corrected chi connectivity index (χ4v) is 2.54. The van der Waals surface area contributed by atoms with E-state index in [0.717, 1.165) is 30.8 Å². The summed E-state index contributed by atoms with van der Waals surface area (Å²) in [6.45, 7) is 1.26. The molecule has 0 amide bonds. The van der Waals surface area contributed by atoms with Crippen molar-refractivity contribution in [2.75, 3.05) is 18.0 Å². The molecule has 1 aliphatic rings. The lowest BCUT2D eigenvalue weighted by molar-refractivity contribution is -0.141. The summed E-state index contributed by atoms with van der Waals surface area (Å²) in [5.41, 5.74) is 0.169. The van der Waals surface area contributed by atoms with Crippen molar-refractivity contribution in [2.45, 2.75) is 24.9 Å². The number of H-pyrrole nitrogens is 1. The van der Waals surface area contributed by atoms with E-state index in [4.69, 9.17) is 0 Å². The van der Waals surface area contributed by atoms with Crippen LogP contribution >= 0.6 is 0 Å². The Kier molecular flexibility index (Phi) is 3.52. The summed E-state index contributed by atoms with van der Waals surface area (Å²) >= 11 is 0. The summed E-state index contributed by atoms with van der Waals surface area (Å²) < 4.78 is 38.0. The number of piperidine rings is 1. The largest absolute Gasteiger partial charge is 0.433 e. The molecule has 0 saturated carbocycles. The van der Waals surface area contributed by atoms with Gasteiger partial charge in [-0.25, -0.2) is 15.0 Å². The van der Waals surface area contributed by atoms with Crippen LogP contribution in [-0.4, -0.2) is 33.0 Å². The van der Waals surface area contributed by atoms with Crippen LogP contribution in [0.3, 0.4) is 0 Å². The predicted octanol–water partition coefficient (Wildman–Crippen LogP) is 2.60. The molecule has 1 fully saturated rings. The molecule has 5 nitrogen and oxygen atoms in total. The molecule has 3 heterocycles. The summed E-state index contributed by atoms with van der Waals surface area (Å²) in [5.74, 6) is 0.502. The Bertz CT molecular complexity index is 588. The fraction of sp³-hybridized carbons (Fsp3) is 0.462. The Morgan fingerprint density at radius 1 is 1.24 bits per heavy atom. The fourth-order valence-electron chi connectivity index (χ4n) is 2.54. The van der Waals surface area contributed by atoms with Crippen molar-refractivity contribution in [3.05, 3.63) is 36.2 Å². The maximum Gasteiger partial charge on any atom is 0.433 e. The Labute approximate surface area is 119 Å². The minimum Gasteiger partial charge on any atom is -0.348 e. The van der Waals surface area contributed by atoms with E-state index in [-0.39, 0.29) is 5.95 Å². The highest BCUT2D eigenvalue weighted by Gasteiger charge is 2.33. The molecule has 3 rings (SSSR count). The first-order valence-electron chi connectivity index (χ1n) is 6.67. The van der Waals surface area contributed by atoms with E-state index >= 15 is 0 Å². The highest BCUT2D eigenvalue weighted by atomic mass is 19.4. The number of hydrogen-bond acceptors (Lipinski definition) is 4. The molecular weight excluding hydrogens is 283 g/mol. The third kappa shape index (κ3) is 2.98. The van der Waals surface area contributed by atoms with Crippen LogP contribution in [0.25, 0.3) is 0 Å². The first-order valence-corrected chi connectivity index (χ1v) is 6.67. The molecule has 8 heteroatoms. The lowest BCUT2D eigenvalue weighted by atomic mass is 9.94. The van der Waals surface area contributed by atoms with E-state index in [1.54, 1.807) is 17.4 Å². The molecule has 0 atom stereocenters. The minimum absolute atomic E-state index is 0.146. The second-order valence-corrected chi connectivity index (χ2v) is 5.01. The van der Waals surface area contributed by atoms with Gasteiger partial charge < -0.3 is 9.88 Å². The molecule has 0 bridgehead atoms. The lowest BCUT2D eigenvalue weighted by Crippen LogP contribution is -2.34. The molecule has 2 aromatic heterocycles. The van der Waals surface area contributed by atoms with Gasteiger partial charge in [-0.2, -0.15) is 13.2 Å². The van der Waals surface area contributed by atoms with Gasteiger partial charge in [0.05, 0.1) is 6.33 Å². The third-order valence-corrected chi connectivity index (χ3v) is 3.67. The summed E-state index contributed by atoms with van der Waals surface area (Å²) in [6.07, 6.45) is 1.82. The maximum atomic E-state index is 12.7. The molecule has 112 valence electrons. The SMILES string of the molecule is FC(F)(F)c1ccnc(N2CCC(c3cnc[nH]3)CC2)n1. The van der Waals surface area contributed by atoms with E-state index in [1.165, 1.54) is 0 Å². The zero-order valence-corrected chi connectivity index (χ0v) is 11.1. The summed E-state index contributed by atoms with van der Waals surface area (Å²) in [4.78, 5) is 16.5. The van der Waals surface area contributed by atoms with Gasteiger partial charge in [0.25, 0.3) is 0 Å². The third-order valence-electron chi connectivity index (χ3n) is 3.67. The molecule has 0 spiro atoms. The molecule has 1 aliphatic heterocycles. The Morgan fingerprint density at radius 3 is 2.62 bits per heavy atom. The predicted molar refractivity (Wildman–Crippen MR) is 69.8 cm³/mol. The molecule has 2 aromatic rings. The van der Waals surface area contributed by atoms with E-state index in [0.29, 0.717) is 19.0 Å². The average molecular weight is 297 g/mol. The van der Waals surface area contributed by atoms with Crippen molar-refractivity contribution in [1.29, 1.82) is 0 Å². The molecule has 0 radical (unpaired) electrons. The van der Waals surface area contributed by atoms with E-state index in [2.05, 4.69) is 19.9 Å². The van der Waals surface area contributed by atoms with E-state index in [1.807, 2.05) is 0 Å². The quantitative estimate of drug-likeness (QED) is 0.925. The van der Waals surface area contributed by atoms with Crippen LogP contribution in [0.1, 0.15) is 30.1 Å². The van der Waals surface area contributed by atoms with Gasteiger partial charge in [0.15, 0.2) is 0 Å². The zero-order chi connectivity index (χ0) is 14.9. The second-order valence-electron chi connectivity index (χ2n) is 5.01. The average Bonchev–Trinajstić information content (AvgIpc) is 3.01. The number of alkyl halides is 3. The van der Waals surface area contributed by atoms with Crippen molar-refractivity contribution in [3.8, 4) is 0 Å². The van der Waals surface area contributed by atoms with Crippen LogP contribution in [0, 0.1) is 0 Å². The van der Waals surface area contributed by atoms with Gasteiger partial charge >= 0.3 is 6.18 Å². The summed E-state index contributed by atoms with van der Waals surface area (Å²) in [6, 6.07) is 0.890. The van der Waals surface area contributed by atoms with Crippen molar-refractivity contribution in [2.24, 2.45) is 0 Å². The van der Waals surface area contributed by atoms with Crippen LogP contribution < -0.4 is 4.90 Å². The number of halogens is 3. The molecular formula is C13H14F3N5. The highest BCUT2D eigenvalue weighted by molar-refractivity contribution is 5.32. The minimum atomic E-state index is -4.44. The molecule has 0 unspecified atom stereocenters. The first-order chi connectivity index (χ1) is 10.0. The van der Waals surface area contributed by atoms with E-state index in [9.17, 15) is 13.2 Å². The number of hydrogen-bond donors (Lipinski definition) is 1. The monoisotopic (exact) mass is 297 g/mol. The van der Waals surface area contributed by atoms with E-state index < -0.39 is 11.9 Å². The van der Waals surface area contributed by atoms with Gasteiger partial charge in [0.2, 0.25) is 5.95 Å². The standard InChI is InChI=1S/C13H14F3N5/c14-13(15,16)11-1-4-18-12(20-11)21-5-2-9(3-6-21)10-7-17-8-19-10/h1,4,7-9H,2-3,5-6H2,(H,17,19). The number of imidazole rings is 1. The molecule has 1 N–H and O–H groups in total. The van der Waals surface area contributed by atoms with Crippen molar-refractivity contribution < 1.29 is 13.2 Å². The number of aromatic nitrogens is 4. The van der Waals surface area contributed by atoms with Gasteiger partial charge in [-0.15, -0.1) is 0 Å². The molecule has 1 saturated heterocycles. The first kappa shape index (κ1) is 13.8. The van der Waals surface area contributed by atoms with Gasteiger partial charge in [-0.05, 0) is 18.9 Å². The van der Waals surface area contributed by atoms with Crippen LogP contribution in [0.4, 0.5) is 19.1 Å². The Hall–Kier alpha value is -2.12. The lowest BCUT2D eigenvalue weighted by Gasteiger charge is -2.31. The van der Waals surface area contributed by atoms with Gasteiger partial charge in [-0.3, -0.25) is 0 Å². The topological polar surface area (TPSA) is 57.7 Å². The molecule has 0 aliphatic carbocycles. The number of anilines is 1. The smallest absolute Gasteiger partial charge is 0.348 e. The number of rotatable bonds is 2. The van der Waals surface area contributed by atoms with Crippen molar-refractivity contribution >= 4 is 5.95 Å². The Morgan fingerprint density at radius 2 is 2.00 bits per heavy atom. The summed E-state index contributed by atoms with van der Waals surface area (Å²) in [5, 5.41) is 0. The van der Waals surface area contributed by atoms with Crippen LogP contribution in [0.2, 0.25) is 0 Å². The number of aromatic amines is 1. The normalized spacial score (nSPS) is 17.2. The van der Waals surface area contributed by atoms with Gasteiger partial charge in [0, 0.05) is 37.1 Å².